The van der Waals surface area contributed by atoms with Crippen molar-refractivity contribution < 1.29 is 5.11 Å². The van der Waals surface area contributed by atoms with Crippen LogP contribution in [0.4, 0.5) is 0 Å². The molecule has 1 fully saturated rings. The molecule has 0 aromatic heterocycles. The smallest absolute Gasteiger partial charge is 0.0581 e. The number of nitrogens with one attached hydrogen (secondary N) is 1. The summed E-state index contributed by atoms with van der Waals surface area (Å²) in [6.45, 7) is 4.48. The summed E-state index contributed by atoms with van der Waals surface area (Å²) in [5, 5.41) is 12.1. The Kier molecular flexibility index (Phi) is 3.98. The summed E-state index contributed by atoms with van der Waals surface area (Å²) in [5.74, 6) is 0. The lowest BCUT2D eigenvalue weighted by atomic mass is 10.2. The molecule has 0 saturated carbocycles. The summed E-state index contributed by atoms with van der Waals surface area (Å²) in [5.41, 5.74) is 0. The number of likely N-dealkylation sites (tertiary alicyclic amines) is 1. The first-order valence-corrected chi connectivity index (χ1v) is 4.78. The summed E-state index contributed by atoms with van der Waals surface area (Å²) >= 11 is 0. The summed E-state index contributed by atoms with van der Waals surface area (Å²) in [4.78, 5) is 2.39. The molecule has 0 bridgehead atoms. The fourth-order valence-electron chi connectivity index (χ4n) is 1.64. The van der Waals surface area contributed by atoms with Crippen molar-refractivity contribution in [2.24, 2.45) is 0 Å². The molecule has 0 aromatic carbocycles. The fourth-order valence-corrected chi connectivity index (χ4v) is 1.64. The average Bonchev–Trinajstić information content (AvgIpc) is 2.47. The molecule has 2 N–H and O–H groups in total. The Balaban J connectivity index is 2.13. The van der Waals surface area contributed by atoms with Gasteiger partial charge in [-0.3, -0.25) is 0 Å². The number of hydrogen-bond acceptors (Lipinski definition) is 3. The van der Waals surface area contributed by atoms with E-state index in [-0.39, 0.29) is 12.6 Å². The molecule has 1 rings (SSSR count). The minimum Gasteiger partial charge on any atom is -0.395 e. The molecule has 0 spiro atoms. The molecule has 1 saturated heterocycles. The van der Waals surface area contributed by atoms with E-state index in [0.717, 1.165) is 6.54 Å². The highest BCUT2D eigenvalue weighted by Gasteiger charge is 2.20. The lowest BCUT2D eigenvalue weighted by molar-refractivity contribution is 0.233. The van der Waals surface area contributed by atoms with Gasteiger partial charge >= 0.3 is 0 Å². The molecule has 3 nitrogen and oxygen atoms in total. The third-order valence-electron chi connectivity index (χ3n) is 2.65. The van der Waals surface area contributed by atoms with Crippen molar-refractivity contribution in [2.45, 2.75) is 31.8 Å². The second-order valence-electron chi connectivity index (χ2n) is 3.77. The van der Waals surface area contributed by atoms with Crippen molar-refractivity contribution in [1.29, 1.82) is 0 Å². The molecule has 1 aliphatic rings. The van der Waals surface area contributed by atoms with Gasteiger partial charge in [0, 0.05) is 18.6 Å². The number of rotatable bonds is 4. The summed E-state index contributed by atoms with van der Waals surface area (Å²) < 4.78 is 0. The van der Waals surface area contributed by atoms with Gasteiger partial charge in [0.15, 0.2) is 0 Å². The number of aliphatic hydroxyl groups excluding tert-OH is 1. The molecule has 12 heavy (non-hydrogen) atoms. The monoisotopic (exact) mass is 172 g/mol. The second-order valence-corrected chi connectivity index (χ2v) is 3.77. The van der Waals surface area contributed by atoms with Gasteiger partial charge in [0.05, 0.1) is 6.61 Å². The number of nitrogens with zero attached hydrogens (tertiary/aromatic N) is 1. The predicted octanol–water partition coefficient (Wildman–Crippen LogP) is 0.0510. The summed E-state index contributed by atoms with van der Waals surface area (Å²) in [6, 6.07) is 0.915. The highest BCUT2D eigenvalue weighted by Crippen LogP contribution is 2.13. The first-order valence-electron chi connectivity index (χ1n) is 4.78. The van der Waals surface area contributed by atoms with Crippen molar-refractivity contribution in [2.75, 3.05) is 26.7 Å². The van der Waals surface area contributed by atoms with Crippen LogP contribution >= 0.6 is 0 Å². The number of aliphatic hydroxyl groups is 1. The maximum absolute atomic E-state index is 8.80. The van der Waals surface area contributed by atoms with Crippen LogP contribution in [0.3, 0.4) is 0 Å². The molecule has 0 aliphatic carbocycles. The minimum atomic E-state index is 0.233. The van der Waals surface area contributed by atoms with E-state index in [0.29, 0.717) is 6.04 Å². The lowest BCUT2D eigenvalue weighted by Crippen LogP contribution is -2.40. The van der Waals surface area contributed by atoms with E-state index in [9.17, 15) is 0 Å². The van der Waals surface area contributed by atoms with Crippen molar-refractivity contribution in [3.8, 4) is 0 Å². The molecular formula is C9H20N2O. The first kappa shape index (κ1) is 9.96. The van der Waals surface area contributed by atoms with Gasteiger partial charge in [0.25, 0.3) is 0 Å². The molecule has 72 valence electrons. The maximum Gasteiger partial charge on any atom is 0.0581 e. The predicted molar refractivity (Wildman–Crippen MR) is 50.2 cm³/mol. The molecule has 0 amide bonds. The number of hydrogen-bond donors (Lipinski definition) is 2. The van der Waals surface area contributed by atoms with Gasteiger partial charge in [-0.2, -0.15) is 0 Å². The lowest BCUT2D eigenvalue weighted by Gasteiger charge is -2.21. The van der Waals surface area contributed by atoms with Gasteiger partial charge < -0.3 is 15.3 Å². The van der Waals surface area contributed by atoms with E-state index in [1.165, 1.54) is 19.4 Å². The van der Waals surface area contributed by atoms with E-state index in [2.05, 4.69) is 17.3 Å². The average molecular weight is 172 g/mol. The fraction of sp³-hybridized carbons (Fsp3) is 1.00. The van der Waals surface area contributed by atoms with E-state index in [1.54, 1.807) is 0 Å². The van der Waals surface area contributed by atoms with Crippen LogP contribution in [0.2, 0.25) is 0 Å². The van der Waals surface area contributed by atoms with Crippen LogP contribution in [0.15, 0.2) is 0 Å². The Labute approximate surface area is 74.8 Å². The molecule has 1 unspecified atom stereocenters. The quantitative estimate of drug-likeness (QED) is 0.629. The van der Waals surface area contributed by atoms with E-state index < -0.39 is 0 Å². The molecule has 2 atom stereocenters. The standard InChI is InChI=1S/C9H20N2O/c1-8(7-12)10-6-9-4-3-5-11(9)2/h8-10,12H,3-7H2,1-2H3/t8?,9-/m0/s1. The largest absolute Gasteiger partial charge is 0.395 e. The highest BCUT2D eigenvalue weighted by atomic mass is 16.3. The van der Waals surface area contributed by atoms with Crippen LogP contribution in [0.5, 0.6) is 0 Å². The van der Waals surface area contributed by atoms with Gasteiger partial charge in [-0.05, 0) is 33.4 Å². The first-order chi connectivity index (χ1) is 5.74. The van der Waals surface area contributed by atoms with E-state index in [1.807, 2.05) is 6.92 Å². The van der Waals surface area contributed by atoms with Crippen LogP contribution in [0.1, 0.15) is 19.8 Å². The maximum atomic E-state index is 8.80. The summed E-state index contributed by atoms with van der Waals surface area (Å²) in [6.07, 6.45) is 2.61. The zero-order valence-electron chi connectivity index (χ0n) is 8.08. The second kappa shape index (κ2) is 4.80. The molecular weight excluding hydrogens is 152 g/mol. The van der Waals surface area contributed by atoms with Crippen molar-refractivity contribution >= 4 is 0 Å². The normalized spacial score (nSPS) is 27.8. The van der Waals surface area contributed by atoms with Gasteiger partial charge in [0.2, 0.25) is 0 Å². The molecule has 0 radical (unpaired) electrons. The Morgan fingerprint density at radius 2 is 2.42 bits per heavy atom. The van der Waals surface area contributed by atoms with Crippen LogP contribution in [0, 0.1) is 0 Å². The minimum absolute atomic E-state index is 0.233. The van der Waals surface area contributed by atoms with Crippen molar-refractivity contribution in [1.82, 2.24) is 10.2 Å². The molecule has 1 heterocycles. The van der Waals surface area contributed by atoms with Crippen LogP contribution in [-0.2, 0) is 0 Å². The Morgan fingerprint density at radius 3 is 2.92 bits per heavy atom. The van der Waals surface area contributed by atoms with Gasteiger partial charge in [-0.25, -0.2) is 0 Å². The zero-order chi connectivity index (χ0) is 8.97. The van der Waals surface area contributed by atoms with Crippen molar-refractivity contribution in [3.05, 3.63) is 0 Å². The molecule has 3 heteroatoms. The summed E-state index contributed by atoms with van der Waals surface area (Å²) in [7, 11) is 2.17. The van der Waals surface area contributed by atoms with Gasteiger partial charge in [-0.1, -0.05) is 0 Å². The number of likely N-dealkylation sites (N-methyl/N-ethyl adjacent to an activating group) is 1. The van der Waals surface area contributed by atoms with E-state index in [4.69, 9.17) is 5.11 Å². The Morgan fingerprint density at radius 1 is 1.67 bits per heavy atom. The van der Waals surface area contributed by atoms with Crippen LogP contribution < -0.4 is 5.32 Å². The van der Waals surface area contributed by atoms with Gasteiger partial charge in [0.1, 0.15) is 0 Å². The van der Waals surface area contributed by atoms with E-state index >= 15 is 0 Å². The SMILES string of the molecule is CC(CO)NC[C@@H]1CCCN1C. The van der Waals surface area contributed by atoms with Gasteiger partial charge in [-0.15, -0.1) is 0 Å². The van der Waals surface area contributed by atoms with Crippen LogP contribution in [0.25, 0.3) is 0 Å². The third kappa shape index (κ3) is 2.73. The Bertz CT molecular complexity index is 130. The van der Waals surface area contributed by atoms with Crippen molar-refractivity contribution in [3.63, 3.8) is 0 Å². The highest BCUT2D eigenvalue weighted by molar-refractivity contribution is 4.79. The van der Waals surface area contributed by atoms with Crippen LogP contribution in [-0.4, -0.2) is 48.8 Å². The molecule has 1 aliphatic heterocycles. The topological polar surface area (TPSA) is 35.5 Å². The Hall–Kier alpha value is -0.120. The molecule has 0 aromatic rings. The zero-order valence-corrected chi connectivity index (χ0v) is 8.08. The third-order valence-corrected chi connectivity index (χ3v) is 2.65.